The quantitative estimate of drug-likeness (QED) is 0.195. The molecule has 0 aliphatic heterocycles. The summed E-state index contributed by atoms with van der Waals surface area (Å²) in [4.78, 5) is 24.8. The van der Waals surface area contributed by atoms with Crippen LogP contribution in [0, 0.1) is 6.92 Å². The summed E-state index contributed by atoms with van der Waals surface area (Å²) in [5.74, 6) is 2.16. The number of pyridine rings is 1. The van der Waals surface area contributed by atoms with Gasteiger partial charge in [0, 0.05) is 22.8 Å². The van der Waals surface area contributed by atoms with E-state index in [0.717, 1.165) is 34.5 Å². The van der Waals surface area contributed by atoms with Gasteiger partial charge in [0.2, 0.25) is 11.9 Å². The number of hydrogen-bond donors (Lipinski definition) is 3. The summed E-state index contributed by atoms with van der Waals surface area (Å²) in [7, 11) is 0. The molecule has 16 nitrogen and oxygen atoms in total. The number of hydrogen-bond acceptors (Lipinski definition) is 13. The second kappa shape index (κ2) is 12.4. The summed E-state index contributed by atoms with van der Waals surface area (Å²) in [6, 6.07) is 18.8. The Morgan fingerprint density at radius 3 is 2.30 bits per heavy atom. The van der Waals surface area contributed by atoms with E-state index in [4.69, 9.17) is 31.9 Å². The highest BCUT2D eigenvalue weighted by molar-refractivity contribution is 6.37. The van der Waals surface area contributed by atoms with Crippen molar-refractivity contribution in [3.8, 4) is 28.6 Å². The van der Waals surface area contributed by atoms with E-state index in [2.05, 4.69) is 57.5 Å². The van der Waals surface area contributed by atoms with E-state index in [1.165, 1.54) is 0 Å². The first-order valence-corrected chi connectivity index (χ1v) is 15.8. The predicted octanol–water partition coefficient (Wildman–Crippen LogP) is 5.57. The molecule has 0 aliphatic carbocycles. The molecule has 0 aliphatic rings. The fraction of sp³-hybridized carbons (Fsp3) is 0.121. The molecular formula is C33H27ClN14O2. The first kappa shape index (κ1) is 30.6. The summed E-state index contributed by atoms with van der Waals surface area (Å²) < 4.78 is 14.3. The molecule has 0 bridgehead atoms. The number of furan rings is 2. The largest absolute Gasteiger partial charge is 0.463 e. The third-order valence-corrected chi connectivity index (χ3v) is 8.24. The normalized spacial score (nSPS) is 11.4. The van der Waals surface area contributed by atoms with Gasteiger partial charge in [0.15, 0.2) is 33.8 Å². The number of nitrogen functional groups attached to an aromatic ring is 2. The standard InChI is InChI=1S/C17H17N7O.C16H10ClN7O/c1-3-11-5-4-6-12(19-11)9-24-16-15(22-23-24)14(20-17(18)21-16)13-8-7-10(2)25-13;17-12-8-5-6-19-9(8)3-4-10(12)24-15-14(22-23-24)13(20-16(18)21-15)11-2-1-7-25-11/h4-8H,3,9H2,1-2H3,(H2,18,20,21);1-7,19H,(H2,18,20,21). The van der Waals surface area contributed by atoms with Crippen LogP contribution in [-0.2, 0) is 13.0 Å². The number of H-pyrrole nitrogens is 1. The highest BCUT2D eigenvalue weighted by Gasteiger charge is 2.20. The zero-order valence-corrected chi connectivity index (χ0v) is 27.4. The molecule has 9 aromatic rings. The van der Waals surface area contributed by atoms with Gasteiger partial charge in [-0.25, -0.2) is 14.6 Å². The zero-order valence-electron chi connectivity index (χ0n) is 26.6. The molecule has 0 saturated heterocycles. The Hall–Kier alpha value is -6.68. The Bertz CT molecular complexity index is 2640. The molecule has 9 rings (SSSR count). The summed E-state index contributed by atoms with van der Waals surface area (Å²) in [5.41, 5.74) is 18.3. The molecule has 8 aromatic heterocycles. The molecule has 0 fully saturated rings. The molecule has 248 valence electrons. The van der Waals surface area contributed by atoms with Crippen molar-refractivity contribution < 1.29 is 8.83 Å². The van der Waals surface area contributed by atoms with E-state index in [9.17, 15) is 0 Å². The van der Waals surface area contributed by atoms with E-state index in [-0.39, 0.29) is 11.9 Å². The monoisotopic (exact) mass is 686 g/mol. The van der Waals surface area contributed by atoms with Gasteiger partial charge in [0.25, 0.3) is 0 Å². The van der Waals surface area contributed by atoms with Crippen molar-refractivity contribution in [1.29, 1.82) is 0 Å². The van der Waals surface area contributed by atoms with Crippen LogP contribution in [0.4, 0.5) is 11.9 Å². The van der Waals surface area contributed by atoms with Gasteiger partial charge in [0.05, 0.1) is 29.2 Å². The number of benzene rings is 1. The molecule has 0 unspecified atom stereocenters. The molecule has 0 radical (unpaired) electrons. The lowest BCUT2D eigenvalue weighted by molar-refractivity contribution is 0.547. The minimum absolute atomic E-state index is 0.0984. The Balaban J connectivity index is 0.000000144. The number of nitrogens with two attached hydrogens (primary N) is 2. The van der Waals surface area contributed by atoms with Gasteiger partial charge in [0.1, 0.15) is 17.1 Å². The van der Waals surface area contributed by atoms with Crippen molar-refractivity contribution in [3.63, 3.8) is 0 Å². The third kappa shape index (κ3) is 5.52. The highest BCUT2D eigenvalue weighted by atomic mass is 35.5. The number of nitrogens with zero attached hydrogens (tertiary/aromatic N) is 11. The van der Waals surface area contributed by atoms with Crippen molar-refractivity contribution in [2.24, 2.45) is 0 Å². The molecule has 0 saturated carbocycles. The SMILES string of the molecule is CCc1cccc(Cn2nnc3c(-c4ccc(C)o4)nc(N)nc32)n1.Nc1nc(-c2ccco2)c2nnn(-c3ccc4[nH]ccc4c3Cl)c2n1. The van der Waals surface area contributed by atoms with Crippen LogP contribution in [0.5, 0.6) is 0 Å². The molecular weight excluding hydrogens is 660 g/mol. The summed E-state index contributed by atoms with van der Waals surface area (Å²) in [5, 5.41) is 18.3. The molecule has 17 heteroatoms. The summed E-state index contributed by atoms with van der Waals surface area (Å²) in [6.45, 7) is 4.40. The van der Waals surface area contributed by atoms with Crippen molar-refractivity contribution in [1.82, 2.24) is 59.9 Å². The molecule has 8 heterocycles. The number of aromatic nitrogens is 12. The minimum atomic E-state index is 0.0984. The highest BCUT2D eigenvalue weighted by Crippen LogP contribution is 2.32. The first-order valence-electron chi connectivity index (χ1n) is 15.4. The van der Waals surface area contributed by atoms with Crippen molar-refractivity contribution in [3.05, 3.63) is 95.3 Å². The zero-order chi connectivity index (χ0) is 34.4. The van der Waals surface area contributed by atoms with Gasteiger partial charge in [-0.05, 0) is 67.9 Å². The smallest absolute Gasteiger partial charge is 0.222 e. The van der Waals surface area contributed by atoms with Crippen molar-refractivity contribution >= 4 is 56.7 Å². The minimum Gasteiger partial charge on any atom is -0.463 e. The van der Waals surface area contributed by atoms with Gasteiger partial charge in [-0.1, -0.05) is 35.0 Å². The number of rotatable bonds is 6. The topological polar surface area (TPSA) is 220 Å². The van der Waals surface area contributed by atoms with Gasteiger partial charge in [-0.3, -0.25) is 4.98 Å². The van der Waals surface area contributed by atoms with Gasteiger partial charge in [-0.2, -0.15) is 14.6 Å². The lowest BCUT2D eigenvalue weighted by Gasteiger charge is -2.06. The van der Waals surface area contributed by atoms with E-state index >= 15 is 0 Å². The van der Waals surface area contributed by atoms with E-state index in [1.54, 1.807) is 27.8 Å². The van der Waals surface area contributed by atoms with Gasteiger partial charge in [-0.15, -0.1) is 10.2 Å². The van der Waals surface area contributed by atoms with Crippen LogP contribution in [0.25, 0.3) is 61.8 Å². The van der Waals surface area contributed by atoms with Crippen LogP contribution in [0.3, 0.4) is 0 Å². The van der Waals surface area contributed by atoms with E-state index in [1.807, 2.05) is 61.7 Å². The van der Waals surface area contributed by atoms with Crippen LogP contribution in [0.2, 0.25) is 5.02 Å². The van der Waals surface area contributed by atoms with Crippen LogP contribution in [0.1, 0.15) is 24.1 Å². The number of aromatic amines is 1. The lowest BCUT2D eigenvalue weighted by atomic mass is 10.2. The lowest BCUT2D eigenvalue weighted by Crippen LogP contribution is -2.07. The maximum Gasteiger partial charge on any atom is 0.222 e. The van der Waals surface area contributed by atoms with Crippen molar-refractivity contribution in [2.75, 3.05) is 11.5 Å². The molecule has 50 heavy (non-hydrogen) atoms. The van der Waals surface area contributed by atoms with Crippen LogP contribution in [0.15, 0.2) is 82.0 Å². The second-order valence-corrected chi connectivity index (χ2v) is 11.5. The van der Waals surface area contributed by atoms with Gasteiger partial charge >= 0.3 is 0 Å². The molecule has 1 aromatic carbocycles. The van der Waals surface area contributed by atoms with E-state index in [0.29, 0.717) is 62.5 Å². The maximum atomic E-state index is 6.55. The first-order chi connectivity index (χ1) is 24.4. The average molecular weight is 687 g/mol. The summed E-state index contributed by atoms with van der Waals surface area (Å²) in [6.07, 6.45) is 4.26. The number of fused-ring (bicyclic) bond motifs is 3. The second-order valence-electron chi connectivity index (χ2n) is 11.2. The average Bonchev–Trinajstić information content (AvgIpc) is 3.96. The van der Waals surface area contributed by atoms with Gasteiger partial charge < -0.3 is 25.3 Å². The molecule has 0 atom stereocenters. The molecule has 0 amide bonds. The molecule has 5 N–H and O–H groups in total. The van der Waals surface area contributed by atoms with Crippen molar-refractivity contribution in [2.45, 2.75) is 26.8 Å². The maximum absolute atomic E-state index is 6.55. The number of nitrogens with one attached hydrogen (secondary N) is 1. The van der Waals surface area contributed by atoms with Crippen LogP contribution < -0.4 is 11.5 Å². The fourth-order valence-corrected chi connectivity index (χ4v) is 5.82. The number of halogens is 1. The predicted molar refractivity (Wildman–Crippen MR) is 186 cm³/mol. The summed E-state index contributed by atoms with van der Waals surface area (Å²) >= 11 is 6.55. The Morgan fingerprint density at radius 2 is 1.54 bits per heavy atom. The number of aryl methyl sites for hydroxylation is 2. The Labute approximate surface area is 287 Å². The Kier molecular flexibility index (Phi) is 7.60. The van der Waals surface area contributed by atoms with Crippen LogP contribution >= 0.6 is 11.6 Å². The molecule has 0 spiro atoms. The number of anilines is 2. The van der Waals surface area contributed by atoms with Crippen LogP contribution in [-0.4, -0.2) is 59.9 Å². The van der Waals surface area contributed by atoms with E-state index < -0.39 is 0 Å². The Morgan fingerprint density at radius 1 is 0.780 bits per heavy atom. The fourth-order valence-electron chi connectivity index (χ4n) is 5.51. The third-order valence-electron chi connectivity index (χ3n) is 7.84.